The summed E-state index contributed by atoms with van der Waals surface area (Å²) in [5, 5.41) is 9.00. The van der Waals surface area contributed by atoms with Crippen molar-refractivity contribution in [2.45, 2.75) is 0 Å². The number of aromatic nitrogens is 3. The summed E-state index contributed by atoms with van der Waals surface area (Å²) in [5.41, 5.74) is 0.642. The molecule has 0 N–H and O–H groups in total. The molecular formula is C16H19N7. The van der Waals surface area contributed by atoms with Crippen molar-refractivity contribution in [1.29, 1.82) is 5.26 Å². The summed E-state index contributed by atoms with van der Waals surface area (Å²) in [6.45, 7) is 3.43. The SMILES string of the molecule is CN(C)c1nccc(N2CCN(c3cc(C#N)ccn3)CC2)n1. The number of rotatable bonds is 3. The third-order valence-corrected chi connectivity index (χ3v) is 3.83. The van der Waals surface area contributed by atoms with Crippen molar-refractivity contribution < 1.29 is 0 Å². The highest BCUT2D eigenvalue weighted by Crippen LogP contribution is 2.19. The molecule has 0 aromatic carbocycles. The molecule has 2 aromatic rings. The maximum atomic E-state index is 9.00. The summed E-state index contributed by atoms with van der Waals surface area (Å²) in [6.07, 6.45) is 3.48. The molecule has 2 aromatic heterocycles. The predicted molar refractivity (Wildman–Crippen MR) is 89.7 cm³/mol. The zero-order valence-electron chi connectivity index (χ0n) is 13.3. The van der Waals surface area contributed by atoms with Gasteiger partial charge in [0.15, 0.2) is 0 Å². The van der Waals surface area contributed by atoms with Gasteiger partial charge >= 0.3 is 0 Å². The summed E-state index contributed by atoms with van der Waals surface area (Å²) in [5.74, 6) is 2.52. The van der Waals surface area contributed by atoms with E-state index in [1.54, 1.807) is 18.5 Å². The first-order valence-corrected chi connectivity index (χ1v) is 7.54. The average molecular weight is 309 g/mol. The van der Waals surface area contributed by atoms with Crippen molar-refractivity contribution in [2.75, 3.05) is 55.0 Å². The molecule has 7 nitrogen and oxygen atoms in total. The fourth-order valence-corrected chi connectivity index (χ4v) is 2.56. The van der Waals surface area contributed by atoms with Crippen LogP contribution in [0.4, 0.5) is 17.6 Å². The molecule has 0 radical (unpaired) electrons. The molecule has 0 aliphatic carbocycles. The van der Waals surface area contributed by atoms with E-state index in [4.69, 9.17) is 5.26 Å². The largest absolute Gasteiger partial charge is 0.353 e. The Morgan fingerprint density at radius 2 is 1.65 bits per heavy atom. The number of nitriles is 1. The quantitative estimate of drug-likeness (QED) is 0.841. The lowest BCUT2D eigenvalue weighted by Gasteiger charge is -2.36. The lowest BCUT2D eigenvalue weighted by atomic mass is 10.2. The highest BCUT2D eigenvalue weighted by atomic mass is 15.3. The normalized spacial score (nSPS) is 14.5. The van der Waals surface area contributed by atoms with Gasteiger partial charge in [-0.05, 0) is 18.2 Å². The molecule has 0 unspecified atom stereocenters. The van der Waals surface area contributed by atoms with Crippen LogP contribution in [-0.4, -0.2) is 55.2 Å². The van der Waals surface area contributed by atoms with E-state index in [0.29, 0.717) is 11.5 Å². The fourth-order valence-electron chi connectivity index (χ4n) is 2.56. The Labute approximate surface area is 135 Å². The number of nitrogens with zero attached hydrogens (tertiary/aromatic N) is 7. The number of hydrogen-bond donors (Lipinski definition) is 0. The van der Waals surface area contributed by atoms with E-state index in [0.717, 1.165) is 37.8 Å². The Balaban J connectivity index is 1.68. The van der Waals surface area contributed by atoms with Crippen molar-refractivity contribution in [3.05, 3.63) is 36.2 Å². The molecule has 3 rings (SSSR count). The van der Waals surface area contributed by atoms with Crippen LogP contribution in [0.1, 0.15) is 5.56 Å². The highest BCUT2D eigenvalue weighted by Gasteiger charge is 2.19. The highest BCUT2D eigenvalue weighted by molar-refractivity contribution is 5.49. The molecule has 23 heavy (non-hydrogen) atoms. The molecule has 0 atom stereocenters. The van der Waals surface area contributed by atoms with Gasteiger partial charge in [0.1, 0.15) is 11.6 Å². The second-order valence-electron chi connectivity index (χ2n) is 5.60. The second kappa shape index (κ2) is 6.48. The number of pyridine rings is 1. The van der Waals surface area contributed by atoms with Gasteiger partial charge in [0.05, 0.1) is 11.6 Å². The van der Waals surface area contributed by atoms with Gasteiger partial charge in [-0.3, -0.25) is 0 Å². The molecule has 3 heterocycles. The van der Waals surface area contributed by atoms with Crippen molar-refractivity contribution >= 4 is 17.6 Å². The summed E-state index contributed by atoms with van der Waals surface area (Å²) in [4.78, 5) is 19.6. The molecule has 7 heteroatoms. The van der Waals surface area contributed by atoms with Crippen molar-refractivity contribution in [2.24, 2.45) is 0 Å². The standard InChI is InChI=1S/C16H19N7/c1-21(2)16-19-6-4-14(20-16)22-7-9-23(10-8-22)15-11-13(12-17)3-5-18-15/h3-6,11H,7-10H2,1-2H3. The predicted octanol–water partition coefficient (Wildman–Crippen LogP) is 1.14. The molecule has 0 spiro atoms. The van der Waals surface area contributed by atoms with Gasteiger partial charge in [0, 0.05) is 52.7 Å². The first kappa shape index (κ1) is 15.0. The number of anilines is 3. The molecule has 0 bridgehead atoms. The van der Waals surface area contributed by atoms with E-state index in [9.17, 15) is 0 Å². The fraction of sp³-hybridized carbons (Fsp3) is 0.375. The molecule has 1 aliphatic heterocycles. The minimum absolute atomic E-state index is 0.642. The first-order valence-electron chi connectivity index (χ1n) is 7.54. The molecule has 1 saturated heterocycles. The van der Waals surface area contributed by atoms with Crippen LogP contribution in [0.2, 0.25) is 0 Å². The molecular weight excluding hydrogens is 290 g/mol. The van der Waals surface area contributed by atoms with E-state index >= 15 is 0 Å². The maximum absolute atomic E-state index is 9.00. The van der Waals surface area contributed by atoms with Crippen LogP contribution in [0.25, 0.3) is 0 Å². The van der Waals surface area contributed by atoms with Gasteiger partial charge in [-0.15, -0.1) is 0 Å². The molecule has 0 saturated carbocycles. The number of piperazine rings is 1. The van der Waals surface area contributed by atoms with E-state index < -0.39 is 0 Å². The van der Waals surface area contributed by atoms with Crippen molar-refractivity contribution in [3.8, 4) is 6.07 Å². The van der Waals surface area contributed by atoms with Gasteiger partial charge in [-0.1, -0.05) is 0 Å². The van der Waals surface area contributed by atoms with E-state index in [-0.39, 0.29) is 0 Å². The zero-order chi connectivity index (χ0) is 16.2. The Kier molecular flexibility index (Phi) is 4.24. The van der Waals surface area contributed by atoms with E-state index in [1.807, 2.05) is 31.1 Å². The molecule has 1 aliphatic rings. The molecule has 1 fully saturated rings. The third-order valence-electron chi connectivity index (χ3n) is 3.83. The van der Waals surface area contributed by atoms with E-state index in [2.05, 4.69) is 30.8 Å². The molecule has 118 valence electrons. The van der Waals surface area contributed by atoms with Gasteiger partial charge in [0.25, 0.3) is 0 Å². The second-order valence-corrected chi connectivity index (χ2v) is 5.60. The Hall–Kier alpha value is -2.88. The summed E-state index contributed by atoms with van der Waals surface area (Å²) >= 11 is 0. The van der Waals surface area contributed by atoms with Crippen LogP contribution in [0.15, 0.2) is 30.6 Å². The van der Waals surface area contributed by atoms with Crippen LogP contribution in [-0.2, 0) is 0 Å². The Bertz CT molecular complexity index is 714. The van der Waals surface area contributed by atoms with Gasteiger partial charge < -0.3 is 14.7 Å². The maximum Gasteiger partial charge on any atom is 0.226 e. The van der Waals surface area contributed by atoms with Crippen molar-refractivity contribution in [1.82, 2.24) is 15.0 Å². The minimum atomic E-state index is 0.642. The summed E-state index contributed by atoms with van der Waals surface area (Å²) < 4.78 is 0. The Morgan fingerprint density at radius 3 is 2.30 bits per heavy atom. The lowest BCUT2D eigenvalue weighted by molar-refractivity contribution is 0.641. The van der Waals surface area contributed by atoms with Gasteiger partial charge in [0.2, 0.25) is 5.95 Å². The Morgan fingerprint density at radius 1 is 1.00 bits per heavy atom. The van der Waals surface area contributed by atoms with Crippen LogP contribution in [0.3, 0.4) is 0 Å². The van der Waals surface area contributed by atoms with Gasteiger partial charge in [-0.2, -0.15) is 10.2 Å². The summed E-state index contributed by atoms with van der Waals surface area (Å²) in [7, 11) is 3.87. The van der Waals surface area contributed by atoms with Crippen LogP contribution in [0, 0.1) is 11.3 Å². The molecule has 0 amide bonds. The zero-order valence-corrected chi connectivity index (χ0v) is 13.3. The van der Waals surface area contributed by atoms with Crippen LogP contribution >= 0.6 is 0 Å². The first-order chi connectivity index (χ1) is 11.2. The minimum Gasteiger partial charge on any atom is -0.353 e. The third kappa shape index (κ3) is 3.31. The lowest BCUT2D eigenvalue weighted by Crippen LogP contribution is -2.47. The van der Waals surface area contributed by atoms with Crippen LogP contribution in [0.5, 0.6) is 0 Å². The van der Waals surface area contributed by atoms with Crippen LogP contribution < -0.4 is 14.7 Å². The smallest absolute Gasteiger partial charge is 0.226 e. The van der Waals surface area contributed by atoms with Gasteiger partial charge in [-0.25, -0.2) is 9.97 Å². The topological polar surface area (TPSA) is 72.2 Å². The van der Waals surface area contributed by atoms with E-state index in [1.165, 1.54) is 0 Å². The van der Waals surface area contributed by atoms with Crippen molar-refractivity contribution in [3.63, 3.8) is 0 Å². The number of hydrogen-bond acceptors (Lipinski definition) is 7. The summed E-state index contributed by atoms with van der Waals surface area (Å²) in [6, 6.07) is 7.66. The average Bonchev–Trinajstić information content (AvgIpc) is 2.62. The monoisotopic (exact) mass is 309 g/mol.